The van der Waals surface area contributed by atoms with Gasteiger partial charge in [-0.15, -0.1) is 6.58 Å². The van der Waals surface area contributed by atoms with Crippen LogP contribution in [-0.2, 0) is 19.6 Å². The highest BCUT2D eigenvalue weighted by Gasteiger charge is 2.52. The van der Waals surface area contributed by atoms with Crippen LogP contribution in [-0.4, -0.2) is 43.2 Å². The lowest BCUT2D eigenvalue weighted by atomic mass is 9.89. The van der Waals surface area contributed by atoms with Gasteiger partial charge in [-0.3, -0.25) is 9.10 Å². The standard InChI is InChI=1S/C33H32Cl2F2N2O4S/c1-2-5-29-33(40)39(30(21-12-14-23(34)15-13-21)32(43-29)22-6-3-7-24(35)18-22)28(20-10-11-20)19-38(44(41,42)25-16-17-25)31-26(36)8-4-9-27(31)37/h2-4,6-9,12-15,18,20,25,28-30,32H,1,5,10-11,16-17,19H2. The molecule has 2 aliphatic carbocycles. The molecule has 0 spiro atoms. The van der Waals surface area contributed by atoms with E-state index >= 15 is 8.78 Å². The average Bonchev–Trinajstić information content (AvgIpc) is 3.90. The van der Waals surface area contributed by atoms with Crippen molar-refractivity contribution in [1.29, 1.82) is 0 Å². The summed E-state index contributed by atoms with van der Waals surface area (Å²) in [7, 11) is -4.13. The highest BCUT2D eigenvalue weighted by Crippen LogP contribution is 2.49. The van der Waals surface area contributed by atoms with Crippen LogP contribution in [0.1, 0.15) is 55.4 Å². The fraction of sp³-hybridized carbons (Fsp3) is 0.364. The Kier molecular flexibility index (Phi) is 8.76. The van der Waals surface area contributed by atoms with Gasteiger partial charge in [0.2, 0.25) is 10.0 Å². The number of halogens is 4. The van der Waals surface area contributed by atoms with Crippen LogP contribution < -0.4 is 4.31 Å². The molecule has 6 rings (SSSR count). The Morgan fingerprint density at radius 2 is 1.61 bits per heavy atom. The first-order valence-electron chi connectivity index (χ1n) is 14.6. The van der Waals surface area contributed by atoms with E-state index in [1.165, 1.54) is 6.07 Å². The highest BCUT2D eigenvalue weighted by molar-refractivity contribution is 7.93. The number of amides is 1. The van der Waals surface area contributed by atoms with E-state index in [9.17, 15) is 13.2 Å². The minimum Gasteiger partial charge on any atom is -0.358 e. The van der Waals surface area contributed by atoms with E-state index < -0.39 is 56.9 Å². The lowest BCUT2D eigenvalue weighted by Gasteiger charge is -2.49. The van der Waals surface area contributed by atoms with E-state index in [1.807, 2.05) is 6.07 Å². The maximum atomic E-state index is 15.3. The third-order valence-corrected chi connectivity index (χ3v) is 11.3. The molecular formula is C33H32Cl2F2N2O4S. The zero-order valence-corrected chi connectivity index (χ0v) is 26.1. The van der Waals surface area contributed by atoms with Gasteiger partial charge in [-0.25, -0.2) is 17.2 Å². The topological polar surface area (TPSA) is 66.9 Å². The molecule has 0 radical (unpaired) electrons. The van der Waals surface area contributed by atoms with E-state index in [-0.39, 0.29) is 24.8 Å². The van der Waals surface area contributed by atoms with E-state index in [0.717, 1.165) is 34.8 Å². The normalized spacial score (nSPS) is 23.0. The monoisotopic (exact) mass is 660 g/mol. The van der Waals surface area contributed by atoms with Gasteiger partial charge in [0.25, 0.3) is 5.91 Å². The first-order chi connectivity index (χ1) is 21.1. The molecule has 11 heteroatoms. The molecule has 232 valence electrons. The van der Waals surface area contributed by atoms with Crippen molar-refractivity contribution in [3.8, 4) is 0 Å². The van der Waals surface area contributed by atoms with E-state index in [2.05, 4.69) is 6.58 Å². The SMILES string of the molecule is C=CCC1OC(c2cccc(Cl)c2)C(c2ccc(Cl)cc2)N(C(CN(c2c(F)cccc2F)S(=O)(=O)C2CC2)C2CC2)C1=O. The summed E-state index contributed by atoms with van der Waals surface area (Å²) in [6.07, 6.45) is 2.47. The summed E-state index contributed by atoms with van der Waals surface area (Å²) < 4.78 is 65.6. The smallest absolute Gasteiger partial charge is 0.252 e. The Balaban J connectivity index is 1.51. The number of benzene rings is 3. The lowest BCUT2D eigenvalue weighted by Crippen LogP contribution is -2.58. The van der Waals surface area contributed by atoms with Gasteiger partial charge >= 0.3 is 0 Å². The fourth-order valence-electron chi connectivity index (χ4n) is 6.09. The first kappa shape index (κ1) is 31.0. The van der Waals surface area contributed by atoms with Gasteiger partial charge in [-0.2, -0.15) is 0 Å². The number of hydrogen-bond donors (Lipinski definition) is 0. The summed E-state index contributed by atoms with van der Waals surface area (Å²) in [5, 5.41) is 0.254. The minimum atomic E-state index is -4.13. The quantitative estimate of drug-likeness (QED) is 0.198. The van der Waals surface area contributed by atoms with Gasteiger partial charge in [0, 0.05) is 16.5 Å². The van der Waals surface area contributed by atoms with Gasteiger partial charge in [0.05, 0.1) is 23.9 Å². The van der Waals surface area contributed by atoms with Gasteiger partial charge < -0.3 is 9.64 Å². The number of rotatable bonds is 11. The van der Waals surface area contributed by atoms with Crippen molar-refractivity contribution in [2.75, 3.05) is 10.8 Å². The van der Waals surface area contributed by atoms with Crippen LogP contribution in [0.3, 0.4) is 0 Å². The van der Waals surface area contributed by atoms with Gasteiger partial charge in [0.1, 0.15) is 17.9 Å². The number of hydrogen-bond acceptors (Lipinski definition) is 4. The second-order valence-corrected chi connectivity index (χ2v) is 14.6. The maximum Gasteiger partial charge on any atom is 0.252 e. The summed E-state index contributed by atoms with van der Waals surface area (Å²) in [6, 6.07) is 16.1. The molecule has 0 aromatic heterocycles. The molecular weight excluding hydrogens is 629 g/mol. The number of para-hydroxylation sites is 1. The third-order valence-electron chi connectivity index (χ3n) is 8.51. The van der Waals surface area contributed by atoms with Crippen molar-refractivity contribution in [3.05, 3.63) is 112 Å². The van der Waals surface area contributed by atoms with E-state index in [4.69, 9.17) is 27.9 Å². The minimum absolute atomic E-state index is 0.0945. The highest BCUT2D eigenvalue weighted by atomic mass is 35.5. The van der Waals surface area contributed by atoms with Crippen LogP contribution in [0.15, 0.2) is 79.4 Å². The van der Waals surface area contributed by atoms with Gasteiger partial charge in [0.15, 0.2) is 11.6 Å². The molecule has 2 saturated carbocycles. The van der Waals surface area contributed by atoms with Gasteiger partial charge in [-0.05, 0) is 79.1 Å². The Morgan fingerprint density at radius 1 is 0.955 bits per heavy atom. The fourth-order valence-corrected chi connectivity index (χ4v) is 8.29. The summed E-state index contributed by atoms with van der Waals surface area (Å²) in [5.41, 5.74) is 0.813. The number of anilines is 1. The molecule has 1 aliphatic heterocycles. The summed E-state index contributed by atoms with van der Waals surface area (Å²) in [4.78, 5) is 16.1. The molecule has 1 heterocycles. The van der Waals surface area contributed by atoms with Crippen molar-refractivity contribution in [3.63, 3.8) is 0 Å². The average molecular weight is 662 g/mol. The zero-order valence-electron chi connectivity index (χ0n) is 23.8. The van der Waals surface area contributed by atoms with Crippen LogP contribution in [0.2, 0.25) is 10.0 Å². The van der Waals surface area contributed by atoms with E-state index in [0.29, 0.717) is 28.5 Å². The zero-order chi connectivity index (χ0) is 31.2. The van der Waals surface area contributed by atoms with Crippen molar-refractivity contribution in [2.24, 2.45) is 5.92 Å². The molecule has 3 aromatic rings. The maximum absolute atomic E-state index is 15.3. The molecule has 44 heavy (non-hydrogen) atoms. The summed E-state index contributed by atoms with van der Waals surface area (Å²) in [5.74, 6) is -2.40. The molecule has 0 N–H and O–H groups in total. The van der Waals surface area contributed by atoms with Crippen LogP contribution in [0.25, 0.3) is 0 Å². The summed E-state index contributed by atoms with van der Waals surface area (Å²) in [6.45, 7) is 3.51. The van der Waals surface area contributed by atoms with E-state index in [1.54, 1.807) is 53.4 Å². The predicted octanol–water partition coefficient (Wildman–Crippen LogP) is 7.63. The van der Waals surface area contributed by atoms with Crippen LogP contribution in [0.5, 0.6) is 0 Å². The molecule has 0 bridgehead atoms. The number of morpholine rings is 1. The van der Waals surface area contributed by atoms with Gasteiger partial charge in [-0.1, -0.05) is 59.6 Å². The number of ether oxygens (including phenoxy) is 1. The predicted molar refractivity (Wildman–Crippen MR) is 167 cm³/mol. The number of carbonyl (C=O) groups excluding carboxylic acids is 1. The molecule has 3 aliphatic rings. The largest absolute Gasteiger partial charge is 0.358 e. The second kappa shape index (κ2) is 12.4. The Morgan fingerprint density at radius 3 is 2.20 bits per heavy atom. The molecule has 1 amide bonds. The molecule has 4 atom stereocenters. The van der Waals surface area contributed by atoms with Crippen LogP contribution in [0.4, 0.5) is 14.5 Å². The molecule has 4 unspecified atom stereocenters. The second-order valence-electron chi connectivity index (χ2n) is 11.6. The molecule has 3 fully saturated rings. The Bertz CT molecular complexity index is 1640. The first-order valence-corrected chi connectivity index (χ1v) is 16.9. The number of sulfonamides is 1. The van der Waals surface area contributed by atoms with Crippen molar-refractivity contribution in [1.82, 2.24) is 4.90 Å². The summed E-state index contributed by atoms with van der Waals surface area (Å²) >= 11 is 12.6. The third kappa shape index (κ3) is 6.12. The van der Waals surface area contributed by atoms with Crippen molar-refractivity contribution in [2.45, 2.75) is 61.6 Å². The number of carbonyl (C=O) groups is 1. The molecule has 1 saturated heterocycles. The van der Waals surface area contributed by atoms with Crippen molar-refractivity contribution >= 4 is 44.8 Å². The lowest BCUT2D eigenvalue weighted by molar-refractivity contribution is -0.179. The Hall–Kier alpha value is -2.98. The number of nitrogens with zero attached hydrogens (tertiary/aromatic N) is 2. The molecule has 6 nitrogen and oxygen atoms in total. The van der Waals surface area contributed by atoms with Crippen LogP contribution >= 0.6 is 23.2 Å². The van der Waals surface area contributed by atoms with Crippen LogP contribution in [0, 0.1) is 17.6 Å². The molecule has 3 aromatic carbocycles. The van der Waals surface area contributed by atoms with Crippen molar-refractivity contribution < 1.29 is 26.7 Å². The Labute approximate surface area is 266 Å².